The largest absolute Gasteiger partial charge is 0.480 e. The standard InChI is InChI=1S/C8H16N2O4S/c1-8(7(11)12)3-2-4-10(8)5-6-15(9,13)14/h2-6H2,1H3,(H,11,12)(H2,9,13,14). The predicted molar refractivity (Wildman–Crippen MR) is 54.8 cm³/mol. The third kappa shape index (κ3) is 2.90. The SMILES string of the molecule is CC1(C(=O)O)CCCN1CCS(N)(=O)=O. The minimum Gasteiger partial charge on any atom is -0.480 e. The van der Waals surface area contributed by atoms with Crippen LogP contribution in [0.5, 0.6) is 0 Å². The van der Waals surface area contributed by atoms with Gasteiger partial charge in [-0.15, -0.1) is 0 Å². The molecule has 0 aromatic heterocycles. The van der Waals surface area contributed by atoms with E-state index in [4.69, 9.17) is 10.2 Å². The minimum atomic E-state index is -3.52. The van der Waals surface area contributed by atoms with E-state index < -0.39 is 21.5 Å². The van der Waals surface area contributed by atoms with Crippen LogP contribution in [-0.2, 0) is 14.8 Å². The van der Waals surface area contributed by atoms with Crippen LogP contribution in [0.4, 0.5) is 0 Å². The first-order valence-corrected chi connectivity index (χ1v) is 6.46. The first-order chi connectivity index (χ1) is 6.76. The van der Waals surface area contributed by atoms with E-state index in [0.717, 1.165) is 6.42 Å². The first kappa shape index (κ1) is 12.4. The second-order valence-electron chi connectivity index (χ2n) is 4.04. The van der Waals surface area contributed by atoms with E-state index in [-0.39, 0.29) is 12.3 Å². The van der Waals surface area contributed by atoms with Gasteiger partial charge in [0.2, 0.25) is 10.0 Å². The highest BCUT2D eigenvalue weighted by atomic mass is 32.2. The number of primary sulfonamides is 1. The third-order valence-electron chi connectivity index (χ3n) is 2.90. The number of carbonyl (C=O) groups is 1. The number of rotatable bonds is 4. The van der Waals surface area contributed by atoms with Gasteiger partial charge in [0.15, 0.2) is 0 Å². The van der Waals surface area contributed by atoms with E-state index in [1.807, 2.05) is 0 Å². The van der Waals surface area contributed by atoms with Gasteiger partial charge < -0.3 is 5.11 Å². The molecule has 1 fully saturated rings. The normalized spacial score (nSPS) is 28.1. The van der Waals surface area contributed by atoms with Gasteiger partial charge in [-0.2, -0.15) is 0 Å². The molecule has 1 heterocycles. The predicted octanol–water partition coefficient (Wildman–Crippen LogP) is -0.786. The van der Waals surface area contributed by atoms with Crippen LogP contribution < -0.4 is 5.14 Å². The van der Waals surface area contributed by atoms with Crippen LogP contribution in [-0.4, -0.2) is 48.8 Å². The quantitative estimate of drug-likeness (QED) is 0.666. The molecule has 1 aliphatic rings. The van der Waals surface area contributed by atoms with Crippen molar-refractivity contribution in [1.82, 2.24) is 4.90 Å². The molecule has 1 saturated heterocycles. The fourth-order valence-electron chi connectivity index (χ4n) is 1.86. The lowest BCUT2D eigenvalue weighted by Gasteiger charge is -2.30. The number of carboxylic acids is 1. The Bertz CT molecular complexity index is 354. The number of likely N-dealkylation sites (tertiary alicyclic amines) is 1. The second kappa shape index (κ2) is 4.07. The Labute approximate surface area is 89.1 Å². The summed E-state index contributed by atoms with van der Waals surface area (Å²) in [5.41, 5.74) is -0.940. The Kier molecular flexibility index (Phi) is 3.37. The zero-order chi connectivity index (χ0) is 11.7. The molecule has 6 nitrogen and oxygen atoms in total. The number of aliphatic carboxylic acids is 1. The molecule has 0 aliphatic carbocycles. The second-order valence-corrected chi connectivity index (χ2v) is 5.77. The molecule has 1 rings (SSSR count). The van der Waals surface area contributed by atoms with E-state index in [9.17, 15) is 13.2 Å². The van der Waals surface area contributed by atoms with Gasteiger partial charge in [-0.25, -0.2) is 13.6 Å². The number of sulfonamides is 1. The van der Waals surface area contributed by atoms with Gasteiger partial charge in [-0.3, -0.25) is 9.69 Å². The van der Waals surface area contributed by atoms with Crippen molar-refractivity contribution >= 4 is 16.0 Å². The summed E-state index contributed by atoms with van der Waals surface area (Å²) in [6.45, 7) is 2.41. The highest BCUT2D eigenvalue weighted by Gasteiger charge is 2.43. The Morgan fingerprint density at radius 2 is 2.20 bits per heavy atom. The zero-order valence-electron chi connectivity index (χ0n) is 8.64. The fraction of sp³-hybridized carbons (Fsp3) is 0.875. The van der Waals surface area contributed by atoms with E-state index in [2.05, 4.69) is 0 Å². The van der Waals surface area contributed by atoms with Gasteiger partial charge in [-0.1, -0.05) is 0 Å². The molecule has 0 aromatic carbocycles. The van der Waals surface area contributed by atoms with Crippen molar-refractivity contribution in [3.8, 4) is 0 Å². The topological polar surface area (TPSA) is 101 Å². The number of hydrogen-bond acceptors (Lipinski definition) is 4. The zero-order valence-corrected chi connectivity index (χ0v) is 9.46. The summed E-state index contributed by atoms with van der Waals surface area (Å²) in [6.07, 6.45) is 1.32. The van der Waals surface area contributed by atoms with E-state index >= 15 is 0 Å². The smallest absolute Gasteiger partial charge is 0.323 e. The molecule has 0 spiro atoms. The van der Waals surface area contributed by atoms with E-state index in [0.29, 0.717) is 13.0 Å². The molecule has 0 amide bonds. The summed E-state index contributed by atoms with van der Waals surface area (Å²) in [6, 6.07) is 0. The van der Waals surface area contributed by atoms with Gasteiger partial charge in [0.25, 0.3) is 0 Å². The molecule has 0 saturated carbocycles. The van der Waals surface area contributed by atoms with Crippen molar-refractivity contribution in [2.45, 2.75) is 25.3 Å². The summed E-state index contributed by atoms with van der Waals surface area (Å²) in [4.78, 5) is 12.7. The average Bonchev–Trinajstić information content (AvgIpc) is 2.44. The van der Waals surface area contributed by atoms with Crippen molar-refractivity contribution in [1.29, 1.82) is 0 Å². The maximum Gasteiger partial charge on any atom is 0.323 e. The van der Waals surface area contributed by atoms with Gasteiger partial charge in [0.05, 0.1) is 5.75 Å². The fourth-order valence-corrected chi connectivity index (χ4v) is 2.33. The molecule has 0 aromatic rings. The highest BCUT2D eigenvalue weighted by Crippen LogP contribution is 2.28. The number of nitrogens with zero attached hydrogens (tertiary/aromatic N) is 1. The lowest BCUT2D eigenvalue weighted by molar-refractivity contribution is -0.148. The molecule has 1 unspecified atom stereocenters. The van der Waals surface area contributed by atoms with Crippen molar-refractivity contribution in [3.05, 3.63) is 0 Å². The van der Waals surface area contributed by atoms with E-state index in [1.165, 1.54) is 0 Å². The lowest BCUT2D eigenvalue weighted by atomic mass is 9.99. The van der Waals surface area contributed by atoms with Crippen LogP contribution in [0, 0.1) is 0 Å². The molecule has 0 bridgehead atoms. The molecule has 88 valence electrons. The summed E-state index contributed by atoms with van der Waals surface area (Å²) in [5.74, 6) is -1.11. The van der Waals surface area contributed by atoms with Crippen LogP contribution in [0.25, 0.3) is 0 Å². The van der Waals surface area contributed by atoms with E-state index in [1.54, 1.807) is 11.8 Å². The number of nitrogens with two attached hydrogens (primary N) is 1. The van der Waals surface area contributed by atoms with Gasteiger partial charge in [0, 0.05) is 6.54 Å². The van der Waals surface area contributed by atoms with Gasteiger partial charge in [-0.05, 0) is 26.3 Å². The molecular weight excluding hydrogens is 220 g/mol. The molecular formula is C8H16N2O4S. The summed E-state index contributed by atoms with van der Waals surface area (Å²) in [5, 5.41) is 13.9. The van der Waals surface area contributed by atoms with Crippen molar-refractivity contribution in [3.63, 3.8) is 0 Å². The summed E-state index contributed by atoms with van der Waals surface area (Å²) in [7, 11) is -3.52. The monoisotopic (exact) mass is 236 g/mol. The molecule has 7 heteroatoms. The van der Waals surface area contributed by atoms with Crippen molar-refractivity contribution in [2.24, 2.45) is 5.14 Å². The van der Waals surface area contributed by atoms with Crippen LogP contribution in [0.3, 0.4) is 0 Å². The van der Waals surface area contributed by atoms with Crippen molar-refractivity contribution < 1.29 is 18.3 Å². The highest BCUT2D eigenvalue weighted by molar-refractivity contribution is 7.89. The number of hydrogen-bond donors (Lipinski definition) is 2. The first-order valence-electron chi connectivity index (χ1n) is 4.75. The molecule has 1 atom stereocenters. The lowest BCUT2D eigenvalue weighted by Crippen LogP contribution is -2.49. The van der Waals surface area contributed by atoms with Gasteiger partial charge >= 0.3 is 5.97 Å². The number of carboxylic acid groups (broad SMARTS) is 1. The minimum absolute atomic E-state index is 0.182. The summed E-state index contributed by atoms with van der Waals surface area (Å²) >= 11 is 0. The van der Waals surface area contributed by atoms with Crippen LogP contribution in [0.2, 0.25) is 0 Å². The van der Waals surface area contributed by atoms with Crippen LogP contribution in [0.15, 0.2) is 0 Å². The Morgan fingerprint density at radius 3 is 2.67 bits per heavy atom. The summed E-state index contributed by atoms with van der Waals surface area (Å²) < 4.78 is 21.5. The maximum atomic E-state index is 11.0. The average molecular weight is 236 g/mol. The van der Waals surface area contributed by atoms with Crippen LogP contribution in [0.1, 0.15) is 19.8 Å². The maximum absolute atomic E-state index is 11.0. The molecule has 3 N–H and O–H groups in total. The Morgan fingerprint density at radius 1 is 1.60 bits per heavy atom. The van der Waals surface area contributed by atoms with Crippen molar-refractivity contribution in [2.75, 3.05) is 18.8 Å². The van der Waals surface area contributed by atoms with Gasteiger partial charge in [0.1, 0.15) is 5.54 Å². The Balaban J connectivity index is 2.66. The molecule has 0 radical (unpaired) electrons. The molecule has 15 heavy (non-hydrogen) atoms. The van der Waals surface area contributed by atoms with Crippen LogP contribution >= 0.6 is 0 Å². The third-order valence-corrected chi connectivity index (χ3v) is 3.65. The molecule has 1 aliphatic heterocycles. The Hall–Kier alpha value is -0.660.